The van der Waals surface area contributed by atoms with Gasteiger partial charge in [0.2, 0.25) is 0 Å². The molecule has 5 heteroatoms. The maximum Gasteiger partial charge on any atom is 0.179 e. The van der Waals surface area contributed by atoms with Crippen molar-refractivity contribution in [2.75, 3.05) is 0 Å². The first kappa shape index (κ1) is 37.4. The molecule has 0 fully saturated rings. The Morgan fingerprint density at radius 2 is 0.661 bits per heavy atom. The van der Waals surface area contributed by atoms with Crippen LogP contribution < -0.4 is 20.7 Å². The second-order valence-corrected chi connectivity index (χ2v) is 20.3. The standard InChI is InChI=1S/C57H39N3SSi/c1-6-20-40(21-7-1)49-34-18-35-50-51-36-19-37-52(54(51)61-53(49)50)57-59-55(41-22-8-2-9-23-41)58-56(60-57)44-26-16-24-42(38-44)43-25-17-33-48(39-43)62(45-27-10-3-11-28-45,46-29-12-4-13-30-46)47-31-14-5-15-32-47/h1-39H. The summed E-state index contributed by atoms with van der Waals surface area (Å²) >= 11 is 1.81. The Bertz CT molecular complexity index is 3240. The van der Waals surface area contributed by atoms with Gasteiger partial charge < -0.3 is 0 Å². The Hall–Kier alpha value is -7.57. The van der Waals surface area contributed by atoms with Crippen LogP contribution in [0.4, 0.5) is 0 Å². The molecule has 0 bridgehead atoms. The fraction of sp³-hybridized carbons (Fsp3) is 0. The van der Waals surface area contributed by atoms with Crippen molar-refractivity contribution >= 4 is 60.3 Å². The molecule has 0 aliphatic carbocycles. The molecule has 62 heavy (non-hydrogen) atoms. The van der Waals surface area contributed by atoms with Gasteiger partial charge in [-0.05, 0) is 55.1 Å². The van der Waals surface area contributed by atoms with Gasteiger partial charge in [-0.15, -0.1) is 11.3 Å². The highest BCUT2D eigenvalue weighted by Gasteiger charge is 2.41. The van der Waals surface area contributed by atoms with E-state index in [9.17, 15) is 0 Å². The van der Waals surface area contributed by atoms with Crippen molar-refractivity contribution in [2.24, 2.45) is 0 Å². The van der Waals surface area contributed by atoms with Crippen LogP contribution in [-0.4, -0.2) is 23.0 Å². The lowest BCUT2D eigenvalue weighted by atomic mass is 10.0. The van der Waals surface area contributed by atoms with Crippen LogP contribution in [0.15, 0.2) is 237 Å². The Kier molecular flexibility index (Phi) is 9.73. The zero-order valence-electron chi connectivity index (χ0n) is 33.8. The highest BCUT2D eigenvalue weighted by Crippen LogP contribution is 2.43. The predicted octanol–water partition coefficient (Wildman–Crippen LogP) is 12.0. The molecule has 0 N–H and O–H groups in total. The fourth-order valence-electron chi connectivity index (χ4n) is 9.02. The van der Waals surface area contributed by atoms with Crippen LogP contribution in [0.1, 0.15) is 0 Å². The van der Waals surface area contributed by atoms with Gasteiger partial charge in [-0.25, -0.2) is 15.0 Å². The molecule has 9 aromatic carbocycles. The number of nitrogens with zero attached hydrogens (tertiary/aromatic N) is 3. The molecule has 3 nitrogen and oxygen atoms in total. The summed E-state index contributed by atoms with van der Waals surface area (Å²) in [6.45, 7) is 0. The van der Waals surface area contributed by atoms with Crippen LogP contribution in [0.2, 0.25) is 0 Å². The molecule has 0 aliphatic heterocycles. The molecule has 2 heterocycles. The van der Waals surface area contributed by atoms with Gasteiger partial charge in [0.05, 0.1) is 0 Å². The molecule has 0 radical (unpaired) electrons. The van der Waals surface area contributed by atoms with Crippen molar-refractivity contribution in [1.29, 1.82) is 0 Å². The Morgan fingerprint density at radius 3 is 1.24 bits per heavy atom. The van der Waals surface area contributed by atoms with Gasteiger partial charge in [0.25, 0.3) is 0 Å². The van der Waals surface area contributed by atoms with Gasteiger partial charge in [-0.3, -0.25) is 0 Å². The first-order valence-electron chi connectivity index (χ1n) is 20.9. The van der Waals surface area contributed by atoms with E-state index in [1.165, 1.54) is 47.3 Å². The van der Waals surface area contributed by atoms with E-state index in [1.807, 2.05) is 29.5 Å². The summed E-state index contributed by atoms with van der Waals surface area (Å²) in [5.74, 6) is 1.94. The lowest BCUT2D eigenvalue weighted by Gasteiger charge is -2.34. The lowest BCUT2D eigenvalue weighted by molar-refractivity contribution is 1.08. The molecule has 0 unspecified atom stereocenters. The van der Waals surface area contributed by atoms with E-state index in [4.69, 9.17) is 15.0 Å². The Morgan fingerprint density at radius 1 is 0.274 bits per heavy atom. The monoisotopic (exact) mass is 825 g/mol. The number of hydrogen-bond donors (Lipinski definition) is 0. The van der Waals surface area contributed by atoms with E-state index in [0.29, 0.717) is 17.5 Å². The van der Waals surface area contributed by atoms with Crippen molar-refractivity contribution in [3.05, 3.63) is 237 Å². The van der Waals surface area contributed by atoms with Crippen molar-refractivity contribution in [3.63, 3.8) is 0 Å². The average molecular weight is 826 g/mol. The van der Waals surface area contributed by atoms with E-state index >= 15 is 0 Å². The molecule has 11 aromatic rings. The van der Waals surface area contributed by atoms with Crippen LogP contribution in [0.3, 0.4) is 0 Å². The normalized spacial score (nSPS) is 11.5. The third-order valence-electron chi connectivity index (χ3n) is 11.9. The minimum atomic E-state index is -2.72. The summed E-state index contributed by atoms with van der Waals surface area (Å²) in [6.07, 6.45) is 0. The second kappa shape index (κ2) is 16.1. The lowest BCUT2D eigenvalue weighted by Crippen LogP contribution is -2.74. The van der Waals surface area contributed by atoms with Crippen molar-refractivity contribution in [1.82, 2.24) is 15.0 Å². The quantitative estimate of drug-likeness (QED) is 0.107. The summed E-state index contributed by atoms with van der Waals surface area (Å²) in [6, 6.07) is 85.1. The Balaban J connectivity index is 1.07. The molecule has 0 saturated carbocycles. The summed E-state index contributed by atoms with van der Waals surface area (Å²) in [5, 5.41) is 7.80. The van der Waals surface area contributed by atoms with Gasteiger partial charge in [0, 0.05) is 36.9 Å². The van der Waals surface area contributed by atoms with Gasteiger partial charge in [0.1, 0.15) is 0 Å². The van der Waals surface area contributed by atoms with Gasteiger partial charge in [-0.2, -0.15) is 0 Å². The summed E-state index contributed by atoms with van der Waals surface area (Å²) in [5.41, 5.74) is 7.56. The van der Waals surface area contributed by atoms with E-state index < -0.39 is 8.07 Å². The van der Waals surface area contributed by atoms with Crippen LogP contribution in [0.5, 0.6) is 0 Å². The molecule has 0 amide bonds. The molecule has 0 atom stereocenters. The number of aromatic nitrogens is 3. The summed E-state index contributed by atoms with van der Waals surface area (Å²) in [4.78, 5) is 15.7. The molecule has 2 aromatic heterocycles. The Labute approximate surface area is 366 Å². The maximum atomic E-state index is 5.30. The summed E-state index contributed by atoms with van der Waals surface area (Å²) < 4.78 is 2.42. The number of rotatable bonds is 9. The van der Waals surface area contributed by atoms with Crippen LogP contribution in [0.25, 0.3) is 76.6 Å². The van der Waals surface area contributed by atoms with Crippen LogP contribution >= 0.6 is 11.3 Å². The molecular formula is C57H39N3SSi. The average Bonchev–Trinajstić information content (AvgIpc) is 3.75. The largest absolute Gasteiger partial charge is 0.208 e. The smallest absolute Gasteiger partial charge is 0.179 e. The van der Waals surface area contributed by atoms with E-state index in [2.05, 4.69) is 218 Å². The highest BCUT2D eigenvalue weighted by molar-refractivity contribution is 7.27. The summed E-state index contributed by atoms with van der Waals surface area (Å²) in [7, 11) is -2.72. The second-order valence-electron chi connectivity index (χ2n) is 15.5. The topological polar surface area (TPSA) is 38.7 Å². The van der Waals surface area contributed by atoms with Crippen LogP contribution in [0, 0.1) is 0 Å². The van der Waals surface area contributed by atoms with Crippen molar-refractivity contribution in [3.8, 4) is 56.4 Å². The SMILES string of the molecule is c1ccc(-c2nc(-c3cccc(-c4cccc([Si](c5ccccc5)(c5ccccc5)c5ccccc5)c4)c3)nc(-c3cccc4c3sc3c(-c5ccccc5)cccc34)n2)cc1. The van der Waals surface area contributed by atoms with Gasteiger partial charge in [0.15, 0.2) is 25.5 Å². The first-order valence-corrected chi connectivity index (χ1v) is 23.8. The molecule has 0 spiro atoms. The molecule has 0 aliphatic rings. The van der Waals surface area contributed by atoms with Gasteiger partial charge >= 0.3 is 0 Å². The predicted molar refractivity (Wildman–Crippen MR) is 264 cm³/mol. The van der Waals surface area contributed by atoms with Crippen molar-refractivity contribution in [2.45, 2.75) is 0 Å². The zero-order valence-corrected chi connectivity index (χ0v) is 35.6. The molecule has 0 saturated heterocycles. The molecular weight excluding hydrogens is 787 g/mol. The fourth-order valence-corrected chi connectivity index (χ4v) is 15.2. The van der Waals surface area contributed by atoms with E-state index in [-0.39, 0.29) is 0 Å². The number of benzene rings is 9. The van der Waals surface area contributed by atoms with E-state index in [1.54, 1.807) is 0 Å². The minimum absolute atomic E-state index is 0.636. The molecule has 11 rings (SSSR count). The van der Waals surface area contributed by atoms with Crippen molar-refractivity contribution < 1.29 is 0 Å². The molecule has 292 valence electrons. The zero-order chi connectivity index (χ0) is 41.3. The number of thiophene rings is 1. The number of hydrogen-bond acceptors (Lipinski definition) is 4. The highest BCUT2D eigenvalue weighted by atomic mass is 32.1. The third-order valence-corrected chi connectivity index (χ3v) is 18.0. The van der Waals surface area contributed by atoms with Crippen LogP contribution in [-0.2, 0) is 0 Å². The maximum absolute atomic E-state index is 5.30. The minimum Gasteiger partial charge on any atom is -0.208 e. The van der Waals surface area contributed by atoms with E-state index in [0.717, 1.165) is 32.5 Å². The number of fused-ring (bicyclic) bond motifs is 3. The first-order chi connectivity index (χ1) is 30.7. The third kappa shape index (κ3) is 6.65. The van der Waals surface area contributed by atoms with Gasteiger partial charge in [-0.1, -0.05) is 224 Å².